The van der Waals surface area contributed by atoms with Crippen molar-refractivity contribution in [2.75, 3.05) is 0 Å². The van der Waals surface area contributed by atoms with Crippen molar-refractivity contribution in [3.63, 3.8) is 0 Å². The second-order valence-electron chi connectivity index (χ2n) is 2.73. The van der Waals surface area contributed by atoms with E-state index in [0.29, 0.717) is 0 Å². The van der Waals surface area contributed by atoms with Gasteiger partial charge in [0, 0.05) is 44.6 Å². The zero-order chi connectivity index (χ0) is 10.4. The molecule has 3 heteroatoms. The molecule has 2 nitrogen and oxygen atoms in total. The molecule has 1 radical (unpaired) electrons. The van der Waals surface area contributed by atoms with Crippen molar-refractivity contribution in [3.05, 3.63) is 42.1 Å². The summed E-state index contributed by atoms with van der Waals surface area (Å²) in [5, 5.41) is 6.78. The minimum atomic E-state index is 0. The van der Waals surface area contributed by atoms with Gasteiger partial charge in [0.15, 0.2) is 0 Å². The third kappa shape index (κ3) is 4.27. The average molecular weight is 276 g/mol. The molecule has 0 saturated heterocycles. The molecular weight excluding hydrogens is 261 g/mol. The van der Waals surface area contributed by atoms with Crippen molar-refractivity contribution in [3.8, 4) is 11.3 Å². The van der Waals surface area contributed by atoms with E-state index in [1.807, 2.05) is 39.0 Å². The Hall–Kier alpha value is -0.466. The Kier molecular flexibility index (Phi) is 7.54. The Balaban J connectivity index is 0.000000617. The Bertz CT molecular complexity index is 352. The number of hydrogen-bond donors (Lipinski definition) is 1. The van der Waals surface area contributed by atoms with Gasteiger partial charge >= 0.3 is 0 Å². The van der Waals surface area contributed by atoms with E-state index in [-0.39, 0.29) is 32.7 Å². The van der Waals surface area contributed by atoms with Crippen LogP contribution >= 0.6 is 0 Å². The van der Waals surface area contributed by atoms with E-state index >= 15 is 0 Å². The fraction of sp³-hybridized carbons (Fsp3) is 0.250. The fourth-order valence-corrected chi connectivity index (χ4v) is 1.09. The molecule has 0 aliphatic heterocycles. The first-order chi connectivity index (χ1) is 6.86. The Morgan fingerprint density at radius 2 is 1.93 bits per heavy atom. The van der Waals surface area contributed by atoms with E-state index in [1.165, 1.54) is 0 Å². The Morgan fingerprint density at radius 3 is 2.40 bits per heavy atom. The molecule has 0 spiro atoms. The molecule has 1 aromatic heterocycles. The SMILES string of the molecule is CC.Cc1[c-]cc(-c2ccn[nH]2)cc1.[Y]. The Morgan fingerprint density at radius 1 is 1.20 bits per heavy atom. The van der Waals surface area contributed by atoms with Gasteiger partial charge in [-0.3, -0.25) is 5.10 Å². The molecule has 77 valence electrons. The summed E-state index contributed by atoms with van der Waals surface area (Å²) >= 11 is 0. The molecule has 0 aliphatic carbocycles. The number of aromatic nitrogens is 2. The number of H-pyrrole nitrogens is 1. The molecule has 1 aromatic carbocycles. The summed E-state index contributed by atoms with van der Waals surface area (Å²) in [5.74, 6) is 0. The van der Waals surface area contributed by atoms with Gasteiger partial charge in [-0.25, -0.2) is 0 Å². The molecule has 2 rings (SSSR count). The smallest absolute Gasteiger partial charge is 0.0482 e. The molecular formula is C12H15N2Y-. The quantitative estimate of drug-likeness (QED) is 0.796. The van der Waals surface area contributed by atoms with Crippen LogP contribution in [0.5, 0.6) is 0 Å². The topological polar surface area (TPSA) is 28.7 Å². The molecule has 0 saturated carbocycles. The second kappa shape index (κ2) is 7.78. The van der Waals surface area contributed by atoms with Crippen molar-refractivity contribution in [2.24, 2.45) is 0 Å². The van der Waals surface area contributed by atoms with Gasteiger partial charge in [-0.1, -0.05) is 20.8 Å². The average Bonchev–Trinajstić information content (AvgIpc) is 2.75. The van der Waals surface area contributed by atoms with E-state index < -0.39 is 0 Å². The summed E-state index contributed by atoms with van der Waals surface area (Å²) in [6, 6.07) is 11.1. The van der Waals surface area contributed by atoms with Gasteiger partial charge in [-0.15, -0.1) is 5.56 Å². The fourth-order valence-electron chi connectivity index (χ4n) is 1.09. The van der Waals surface area contributed by atoms with Crippen LogP contribution in [0.4, 0.5) is 0 Å². The van der Waals surface area contributed by atoms with Crippen molar-refractivity contribution < 1.29 is 32.7 Å². The number of nitrogens with one attached hydrogen (secondary N) is 1. The first-order valence-electron chi connectivity index (χ1n) is 4.84. The summed E-state index contributed by atoms with van der Waals surface area (Å²) in [7, 11) is 0. The zero-order valence-corrected chi connectivity index (χ0v) is 12.2. The van der Waals surface area contributed by atoms with E-state index in [0.717, 1.165) is 16.8 Å². The van der Waals surface area contributed by atoms with Gasteiger partial charge < -0.3 is 0 Å². The minimum absolute atomic E-state index is 0. The van der Waals surface area contributed by atoms with E-state index in [2.05, 4.69) is 22.3 Å². The summed E-state index contributed by atoms with van der Waals surface area (Å²) in [5.41, 5.74) is 3.31. The predicted octanol–water partition coefficient (Wildman–Crippen LogP) is 3.21. The van der Waals surface area contributed by atoms with Crippen LogP contribution in [0.15, 0.2) is 30.5 Å². The van der Waals surface area contributed by atoms with Crippen molar-refractivity contribution >= 4 is 0 Å². The maximum Gasteiger partial charge on any atom is 0.0482 e. The number of aromatic amines is 1. The van der Waals surface area contributed by atoms with Crippen LogP contribution in [0.3, 0.4) is 0 Å². The van der Waals surface area contributed by atoms with Crippen LogP contribution in [0.1, 0.15) is 19.4 Å². The molecule has 1 heterocycles. The van der Waals surface area contributed by atoms with Gasteiger partial charge in [0.25, 0.3) is 0 Å². The zero-order valence-electron chi connectivity index (χ0n) is 9.41. The molecule has 0 bridgehead atoms. The van der Waals surface area contributed by atoms with Crippen LogP contribution < -0.4 is 0 Å². The van der Waals surface area contributed by atoms with Crippen molar-refractivity contribution in [1.82, 2.24) is 10.2 Å². The molecule has 0 amide bonds. The van der Waals surface area contributed by atoms with Crippen LogP contribution in [-0.2, 0) is 32.7 Å². The van der Waals surface area contributed by atoms with Crippen LogP contribution in [0.25, 0.3) is 11.3 Å². The molecule has 0 unspecified atom stereocenters. The number of rotatable bonds is 1. The summed E-state index contributed by atoms with van der Waals surface area (Å²) < 4.78 is 0. The van der Waals surface area contributed by atoms with Crippen LogP contribution in [-0.4, -0.2) is 10.2 Å². The first-order valence-corrected chi connectivity index (χ1v) is 4.84. The summed E-state index contributed by atoms with van der Waals surface area (Å²) in [6.07, 6.45) is 1.75. The normalized spacial score (nSPS) is 8.47. The second-order valence-corrected chi connectivity index (χ2v) is 2.73. The molecule has 0 fully saturated rings. The third-order valence-corrected chi connectivity index (χ3v) is 1.78. The van der Waals surface area contributed by atoms with Crippen molar-refractivity contribution in [2.45, 2.75) is 20.8 Å². The molecule has 0 atom stereocenters. The molecule has 2 aromatic rings. The predicted molar refractivity (Wildman–Crippen MR) is 58.9 cm³/mol. The van der Waals surface area contributed by atoms with E-state index in [9.17, 15) is 0 Å². The van der Waals surface area contributed by atoms with E-state index in [1.54, 1.807) is 6.20 Å². The van der Waals surface area contributed by atoms with Gasteiger partial charge in [-0.2, -0.15) is 34.9 Å². The number of benzene rings is 1. The standard InChI is InChI=1S/C10H9N2.C2H6.Y/c1-8-2-4-9(5-3-8)10-6-7-11-12-10;1-2;/h2,4-7H,1H3,(H,11,12);1-2H3;/q-1;;. The van der Waals surface area contributed by atoms with Gasteiger partial charge in [0.1, 0.15) is 0 Å². The van der Waals surface area contributed by atoms with Crippen molar-refractivity contribution in [1.29, 1.82) is 0 Å². The van der Waals surface area contributed by atoms with Crippen LogP contribution in [0.2, 0.25) is 0 Å². The third-order valence-electron chi connectivity index (χ3n) is 1.78. The summed E-state index contributed by atoms with van der Waals surface area (Å²) in [6.45, 7) is 6.02. The maximum absolute atomic E-state index is 3.88. The first kappa shape index (κ1) is 14.5. The number of nitrogens with zero attached hydrogens (tertiary/aromatic N) is 1. The van der Waals surface area contributed by atoms with E-state index in [4.69, 9.17) is 0 Å². The monoisotopic (exact) mass is 276 g/mol. The number of aryl methyl sites for hydroxylation is 1. The minimum Gasteiger partial charge on any atom is -0.290 e. The van der Waals surface area contributed by atoms with Crippen LogP contribution in [0, 0.1) is 13.0 Å². The Labute approximate surface area is 116 Å². The van der Waals surface area contributed by atoms with Gasteiger partial charge in [0.05, 0.1) is 0 Å². The van der Waals surface area contributed by atoms with Gasteiger partial charge in [0.2, 0.25) is 0 Å². The number of hydrogen-bond acceptors (Lipinski definition) is 1. The maximum atomic E-state index is 3.88. The molecule has 1 N–H and O–H groups in total. The van der Waals surface area contributed by atoms with Gasteiger partial charge in [-0.05, 0) is 6.07 Å². The summed E-state index contributed by atoms with van der Waals surface area (Å²) in [4.78, 5) is 0. The molecule has 15 heavy (non-hydrogen) atoms. The largest absolute Gasteiger partial charge is 0.290 e. The molecule has 0 aliphatic rings.